The van der Waals surface area contributed by atoms with Gasteiger partial charge in [0.2, 0.25) is 5.91 Å². The molecule has 1 fully saturated rings. The first kappa shape index (κ1) is 13.7. The van der Waals surface area contributed by atoms with Crippen molar-refractivity contribution < 1.29 is 4.79 Å². The van der Waals surface area contributed by atoms with E-state index in [2.05, 4.69) is 15.3 Å². The van der Waals surface area contributed by atoms with Crippen LogP contribution in [0.3, 0.4) is 0 Å². The van der Waals surface area contributed by atoms with Crippen LogP contribution in [0.25, 0.3) is 11.4 Å². The van der Waals surface area contributed by atoms with E-state index in [-0.39, 0.29) is 11.3 Å². The Balaban J connectivity index is 1.72. The lowest BCUT2D eigenvalue weighted by Gasteiger charge is -2.21. The standard InChI is InChI=1S/C17H19N3O/c1-17(9-5-6-10-17)16(21)20-14-11-18-15(19-12-14)13-7-3-2-4-8-13/h2-4,7-8,11-12H,5-6,9-10H2,1H3,(H,20,21). The topological polar surface area (TPSA) is 54.9 Å². The number of hydrogen-bond acceptors (Lipinski definition) is 3. The van der Waals surface area contributed by atoms with E-state index in [9.17, 15) is 4.79 Å². The van der Waals surface area contributed by atoms with Crippen molar-refractivity contribution in [3.63, 3.8) is 0 Å². The van der Waals surface area contributed by atoms with Gasteiger partial charge in [-0.15, -0.1) is 0 Å². The molecule has 108 valence electrons. The fraction of sp³-hybridized carbons (Fsp3) is 0.353. The second-order valence-electron chi connectivity index (χ2n) is 5.88. The van der Waals surface area contributed by atoms with Crippen molar-refractivity contribution in [3.8, 4) is 11.4 Å². The number of nitrogens with zero attached hydrogens (tertiary/aromatic N) is 2. The van der Waals surface area contributed by atoms with Crippen LogP contribution in [-0.4, -0.2) is 15.9 Å². The molecule has 4 heteroatoms. The molecule has 1 N–H and O–H groups in total. The Hall–Kier alpha value is -2.23. The maximum Gasteiger partial charge on any atom is 0.230 e. The maximum atomic E-state index is 12.3. The average molecular weight is 281 g/mol. The molecule has 1 saturated carbocycles. The Morgan fingerprint density at radius 2 is 1.71 bits per heavy atom. The fourth-order valence-electron chi connectivity index (χ4n) is 2.79. The lowest BCUT2D eigenvalue weighted by molar-refractivity contribution is -0.124. The quantitative estimate of drug-likeness (QED) is 0.934. The van der Waals surface area contributed by atoms with E-state index in [0.717, 1.165) is 31.2 Å². The van der Waals surface area contributed by atoms with Gasteiger partial charge in [0.05, 0.1) is 18.1 Å². The number of benzene rings is 1. The van der Waals surface area contributed by atoms with E-state index < -0.39 is 0 Å². The van der Waals surface area contributed by atoms with Crippen molar-refractivity contribution in [2.45, 2.75) is 32.6 Å². The second-order valence-corrected chi connectivity index (χ2v) is 5.88. The smallest absolute Gasteiger partial charge is 0.230 e. The second kappa shape index (κ2) is 5.64. The van der Waals surface area contributed by atoms with Crippen LogP contribution < -0.4 is 5.32 Å². The molecule has 0 radical (unpaired) electrons. The largest absolute Gasteiger partial charge is 0.323 e. The van der Waals surface area contributed by atoms with Gasteiger partial charge in [-0.2, -0.15) is 0 Å². The van der Waals surface area contributed by atoms with Crippen LogP contribution in [0.15, 0.2) is 42.7 Å². The molecule has 0 aliphatic heterocycles. The summed E-state index contributed by atoms with van der Waals surface area (Å²) in [5.41, 5.74) is 1.39. The van der Waals surface area contributed by atoms with Gasteiger partial charge in [-0.05, 0) is 12.8 Å². The van der Waals surface area contributed by atoms with Crippen LogP contribution in [-0.2, 0) is 4.79 Å². The van der Waals surface area contributed by atoms with E-state index in [1.807, 2.05) is 37.3 Å². The van der Waals surface area contributed by atoms with Gasteiger partial charge in [0, 0.05) is 11.0 Å². The zero-order chi connectivity index (χ0) is 14.7. The summed E-state index contributed by atoms with van der Waals surface area (Å²) in [6.07, 6.45) is 7.53. The van der Waals surface area contributed by atoms with Crippen LogP contribution in [0.2, 0.25) is 0 Å². The first-order valence-electron chi connectivity index (χ1n) is 7.36. The average Bonchev–Trinajstić information content (AvgIpc) is 2.97. The lowest BCUT2D eigenvalue weighted by atomic mass is 9.88. The molecule has 1 aliphatic rings. The molecule has 1 amide bonds. The van der Waals surface area contributed by atoms with Crippen molar-refractivity contribution in [2.24, 2.45) is 5.41 Å². The summed E-state index contributed by atoms with van der Waals surface area (Å²) < 4.78 is 0. The summed E-state index contributed by atoms with van der Waals surface area (Å²) in [7, 11) is 0. The summed E-state index contributed by atoms with van der Waals surface area (Å²) >= 11 is 0. The highest BCUT2D eigenvalue weighted by Crippen LogP contribution is 2.38. The molecule has 2 aromatic rings. The minimum absolute atomic E-state index is 0.0797. The summed E-state index contributed by atoms with van der Waals surface area (Å²) in [6, 6.07) is 9.80. The van der Waals surface area contributed by atoms with Crippen molar-refractivity contribution >= 4 is 11.6 Å². The molecule has 21 heavy (non-hydrogen) atoms. The summed E-state index contributed by atoms with van der Waals surface area (Å²) in [5, 5.41) is 2.94. The molecule has 1 aromatic heterocycles. The number of aromatic nitrogens is 2. The highest BCUT2D eigenvalue weighted by Gasteiger charge is 2.36. The minimum atomic E-state index is -0.238. The number of rotatable bonds is 3. The fourth-order valence-corrected chi connectivity index (χ4v) is 2.79. The van der Waals surface area contributed by atoms with Gasteiger partial charge in [0.15, 0.2) is 5.82 Å². The van der Waals surface area contributed by atoms with E-state index in [0.29, 0.717) is 11.5 Å². The predicted molar refractivity (Wildman–Crippen MR) is 82.7 cm³/mol. The number of anilines is 1. The zero-order valence-corrected chi connectivity index (χ0v) is 12.2. The van der Waals surface area contributed by atoms with Gasteiger partial charge in [0.25, 0.3) is 0 Å². The van der Waals surface area contributed by atoms with Crippen molar-refractivity contribution in [1.29, 1.82) is 0 Å². The van der Waals surface area contributed by atoms with E-state index in [1.165, 1.54) is 0 Å². The molecule has 1 aliphatic carbocycles. The van der Waals surface area contributed by atoms with Crippen LogP contribution in [0.5, 0.6) is 0 Å². The molecule has 0 atom stereocenters. The molecule has 0 bridgehead atoms. The first-order valence-corrected chi connectivity index (χ1v) is 7.36. The van der Waals surface area contributed by atoms with Crippen molar-refractivity contribution in [2.75, 3.05) is 5.32 Å². The van der Waals surface area contributed by atoms with Gasteiger partial charge in [-0.1, -0.05) is 50.1 Å². The van der Waals surface area contributed by atoms with E-state index in [1.54, 1.807) is 12.4 Å². The molecule has 3 rings (SSSR count). The Morgan fingerprint density at radius 3 is 2.33 bits per heavy atom. The number of carbonyl (C=O) groups excluding carboxylic acids is 1. The van der Waals surface area contributed by atoms with Crippen molar-refractivity contribution in [1.82, 2.24) is 9.97 Å². The van der Waals surface area contributed by atoms with Crippen LogP contribution in [0.4, 0.5) is 5.69 Å². The number of amides is 1. The third-order valence-electron chi connectivity index (χ3n) is 4.20. The van der Waals surface area contributed by atoms with Gasteiger partial charge >= 0.3 is 0 Å². The predicted octanol–water partition coefficient (Wildman–Crippen LogP) is 3.66. The number of nitrogens with one attached hydrogen (secondary N) is 1. The molecule has 0 spiro atoms. The first-order chi connectivity index (χ1) is 10.2. The Kier molecular flexibility index (Phi) is 3.69. The molecule has 1 heterocycles. The summed E-state index contributed by atoms with van der Waals surface area (Å²) in [4.78, 5) is 21.0. The number of carbonyl (C=O) groups is 1. The third-order valence-corrected chi connectivity index (χ3v) is 4.20. The van der Waals surface area contributed by atoms with Crippen LogP contribution >= 0.6 is 0 Å². The molecule has 4 nitrogen and oxygen atoms in total. The summed E-state index contributed by atoms with van der Waals surface area (Å²) in [6.45, 7) is 2.04. The zero-order valence-electron chi connectivity index (χ0n) is 12.2. The Morgan fingerprint density at radius 1 is 1.10 bits per heavy atom. The van der Waals surface area contributed by atoms with Gasteiger partial charge < -0.3 is 5.32 Å². The molecule has 0 saturated heterocycles. The Labute approximate surface area is 124 Å². The third kappa shape index (κ3) is 2.94. The van der Waals surface area contributed by atoms with Crippen LogP contribution in [0, 0.1) is 5.41 Å². The highest BCUT2D eigenvalue weighted by molar-refractivity contribution is 5.95. The SMILES string of the molecule is CC1(C(=O)Nc2cnc(-c3ccccc3)nc2)CCCC1. The monoisotopic (exact) mass is 281 g/mol. The highest BCUT2D eigenvalue weighted by atomic mass is 16.2. The summed E-state index contributed by atoms with van der Waals surface area (Å²) in [5.74, 6) is 0.747. The van der Waals surface area contributed by atoms with E-state index in [4.69, 9.17) is 0 Å². The molecular weight excluding hydrogens is 262 g/mol. The maximum absolute atomic E-state index is 12.3. The normalized spacial score (nSPS) is 16.6. The lowest BCUT2D eigenvalue weighted by Crippen LogP contribution is -2.30. The Bertz CT molecular complexity index is 616. The molecule has 0 unspecified atom stereocenters. The van der Waals surface area contributed by atoms with Gasteiger partial charge in [0.1, 0.15) is 0 Å². The minimum Gasteiger partial charge on any atom is -0.323 e. The van der Waals surface area contributed by atoms with Crippen LogP contribution in [0.1, 0.15) is 32.6 Å². The van der Waals surface area contributed by atoms with E-state index >= 15 is 0 Å². The van der Waals surface area contributed by atoms with Gasteiger partial charge in [-0.3, -0.25) is 4.79 Å². The van der Waals surface area contributed by atoms with Crippen molar-refractivity contribution in [3.05, 3.63) is 42.7 Å². The molecule has 1 aromatic carbocycles. The molecular formula is C17H19N3O. The van der Waals surface area contributed by atoms with Gasteiger partial charge in [-0.25, -0.2) is 9.97 Å². The number of hydrogen-bond donors (Lipinski definition) is 1.